The molecular formula is C8H21BCl2N4O4. The Bertz CT molecular complexity index is 279. The third-order valence-corrected chi connectivity index (χ3v) is 2.34. The molecule has 0 aromatic rings. The lowest BCUT2D eigenvalue weighted by molar-refractivity contribution is -0.139. The quantitative estimate of drug-likeness (QED) is 0.177. The number of aliphatic carboxylic acids is 1. The molecule has 0 saturated carbocycles. The van der Waals surface area contributed by atoms with Crippen molar-refractivity contribution < 1.29 is 19.9 Å². The number of rotatable bonds is 8. The number of nitrogens with two attached hydrogens (primary N) is 3. The summed E-state index contributed by atoms with van der Waals surface area (Å²) in [5, 5.41) is 26.1. The molecule has 2 atom stereocenters. The highest BCUT2D eigenvalue weighted by Crippen LogP contribution is 2.13. The van der Waals surface area contributed by atoms with Gasteiger partial charge in [-0.3, -0.25) is 9.79 Å². The number of halogens is 2. The van der Waals surface area contributed by atoms with Gasteiger partial charge >= 0.3 is 13.1 Å². The van der Waals surface area contributed by atoms with Gasteiger partial charge in [0.1, 0.15) is 6.04 Å². The molecule has 0 heterocycles. The first-order chi connectivity index (χ1) is 7.84. The van der Waals surface area contributed by atoms with Gasteiger partial charge in [0.2, 0.25) is 0 Å². The zero-order chi connectivity index (χ0) is 13.4. The molecule has 0 aromatic carbocycles. The highest BCUT2D eigenvalue weighted by molar-refractivity contribution is 6.40. The van der Waals surface area contributed by atoms with E-state index in [0.29, 0.717) is 12.8 Å². The summed E-state index contributed by atoms with van der Waals surface area (Å²) >= 11 is 0. The first-order valence-corrected chi connectivity index (χ1v) is 5.24. The van der Waals surface area contributed by atoms with Crippen molar-refractivity contribution in [2.75, 3.05) is 6.54 Å². The minimum atomic E-state index is -1.40. The van der Waals surface area contributed by atoms with Crippen LogP contribution in [0.5, 0.6) is 0 Å². The second kappa shape index (κ2) is 12.3. The van der Waals surface area contributed by atoms with Gasteiger partial charge in [0.15, 0.2) is 5.96 Å². The van der Waals surface area contributed by atoms with Crippen LogP contribution in [0, 0.1) is 5.92 Å². The molecule has 9 N–H and O–H groups in total. The Kier molecular flexibility index (Phi) is 15.1. The summed E-state index contributed by atoms with van der Waals surface area (Å²) < 4.78 is 0. The average molecular weight is 319 g/mol. The molecule has 0 aliphatic heterocycles. The lowest BCUT2D eigenvalue weighted by atomic mass is 9.81. The Balaban J connectivity index is -0.00000128. The van der Waals surface area contributed by atoms with E-state index in [1.807, 2.05) is 0 Å². The van der Waals surface area contributed by atoms with Gasteiger partial charge in [-0.05, 0) is 12.7 Å². The molecule has 0 aliphatic carbocycles. The zero-order valence-corrected chi connectivity index (χ0v) is 11.9. The van der Waals surface area contributed by atoms with E-state index >= 15 is 0 Å². The van der Waals surface area contributed by atoms with Crippen molar-refractivity contribution >= 4 is 43.9 Å². The smallest absolute Gasteiger partial charge is 0.451 e. The highest BCUT2D eigenvalue weighted by Gasteiger charge is 2.24. The number of hydrogen-bond donors (Lipinski definition) is 6. The number of nitrogens with zero attached hydrogens (tertiary/aromatic N) is 1. The van der Waals surface area contributed by atoms with Crippen molar-refractivity contribution in [3.05, 3.63) is 0 Å². The van der Waals surface area contributed by atoms with Crippen LogP contribution in [0.4, 0.5) is 0 Å². The monoisotopic (exact) mass is 318 g/mol. The third kappa shape index (κ3) is 12.1. The normalized spacial score (nSPS) is 12.4. The lowest BCUT2D eigenvalue weighted by Gasteiger charge is -2.18. The first-order valence-electron chi connectivity index (χ1n) is 5.24. The summed E-state index contributed by atoms with van der Waals surface area (Å²) in [6.45, 7) is 0.108. The van der Waals surface area contributed by atoms with Crippen LogP contribution in [0.25, 0.3) is 0 Å². The maximum absolute atomic E-state index is 10.7. The predicted molar refractivity (Wildman–Crippen MR) is 78.5 cm³/mol. The van der Waals surface area contributed by atoms with E-state index in [-0.39, 0.29) is 43.6 Å². The Morgan fingerprint density at radius 1 is 1.26 bits per heavy atom. The lowest BCUT2D eigenvalue weighted by Crippen LogP contribution is -2.40. The van der Waals surface area contributed by atoms with Crippen molar-refractivity contribution in [2.45, 2.75) is 25.2 Å². The topological polar surface area (TPSA) is 168 Å². The molecule has 0 aliphatic rings. The summed E-state index contributed by atoms with van der Waals surface area (Å²) in [6.07, 6.45) is 0.996. The van der Waals surface area contributed by atoms with Gasteiger partial charge in [-0.25, -0.2) is 0 Å². The van der Waals surface area contributed by atoms with E-state index in [1.54, 1.807) is 0 Å². The molecule has 11 heteroatoms. The van der Waals surface area contributed by atoms with E-state index in [9.17, 15) is 4.79 Å². The average Bonchev–Trinajstić information content (AvgIpc) is 2.21. The molecule has 0 aromatic heterocycles. The van der Waals surface area contributed by atoms with E-state index in [1.165, 1.54) is 0 Å². The Morgan fingerprint density at radius 2 is 1.79 bits per heavy atom. The standard InChI is InChI=1S/C8H19BN4O4.2ClH/c10-6(7(14)15)5(4-13-8(11)12)2-1-3-9(16)17;;/h5-6,16-17H,1-4,10H2,(H,14,15)(H4,11,12,13);2*1H/t5-,6+;;/m1../s1. The fourth-order valence-corrected chi connectivity index (χ4v) is 1.37. The number of carbonyl (C=O) groups is 1. The number of carboxylic acid groups (broad SMARTS) is 1. The number of carboxylic acids is 1. The summed E-state index contributed by atoms with van der Waals surface area (Å²) in [6, 6.07) is -1.08. The Morgan fingerprint density at radius 3 is 2.16 bits per heavy atom. The minimum Gasteiger partial charge on any atom is -0.480 e. The summed E-state index contributed by atoms with van der Waals surface area (Å²) in [5.74, 6) is -1.70. The van der Waals surface area contributed by atoms with Crippen LogP contribution in [0.1, 0.15) is 12.8 Å². The SMILES string of the molecule is Cl.Cl.NC(N)=NC[C@@H](CCCB(O)O)[C@H](N)C(=O)O. The number of guanidine groups is 1. The zero-order valence-electron chi connectivity index (χ0n) is 10.3. The van der Waals surface area contributed by atoms with E-state index in [2.05, 4.69) is 4.99 Å². The van der Waals surface area contributed by atoms with E-state index in [0.717, 1.165) is 0 Å². The van der Waals surface area contributed by atoms with Crippen molar-refractivity contribution in [3.63, 3.8) is 0 Å². The fourth-order valence-electron chi connectivity index (χ4n) is 1.37. The van der Waals surface area contributed by atoms with Crippen LogP contribution in [0.2, 0.25) is 6.32 Å². The minimum absolute atomic E-state index is 0. The Labute approximate surface area is 124 Å². The highest BCUT2D eigenvalue weighted by atomic mass is 35.5. The van der Waals surface area contributed by atoms with Gasteiger partial charge in [0.05, 0.1) is 0 Å². The fraction of sp³-hybridized carbons (Fsp3) is 0.750. The van der Waals surface area contributed by atoms with E-state index < -0.39 is 25.0 Å². The van der Waals surface area contributed by atoms with Gasteiger partial charge in [-0.15, -0.1) is 24.8 Å². The molecule has 0 rings (SSSR count). The number of hydrogen-bond acceptors (Lipinski definition) is 5. The molecule has 0 fully saturated rings. The molecule has 0 saturated heterocycles. The van der Waals surface area contributed by atoms with Crippen LogP contribution < -0.4 is 17.2 Å². The first kappa shape index (κ1) is 23.4. The van der Waals surface area contributed by atoms with E-state index in [4.69, 9.17) is 32.4 Å². The van der Waals surface area contributed by atoms with Gasteiger partial charge in [0, 0.05) is 12.5 Å². The van der Waals surface area contributed by atoms with Crippen LogP contribution >= 0.6 is 24.8 Å². The van der Waals surface area contributed by atoms with Gasteiger partial charge in [-0.2, -0.15) is 0 Å². The van der Waals surface area contributed by atoms with Gasteiger partial charge in [-0.1, -0.05) is 6.42 Å². The third-order valence-electron chi connectivity index (χ3n) is 2.34. The molecule has 0 amide bonds. The van der Waals surface area contributed by atoms with Crippen LogP contribution in [-0.4, -0.2) is 46.8 Å². The van der Waals surface area contributed by atoms with Crippen LogP contribution in [0.15, 0.2) is 4.99 Å². The molecular weight excluding hydrogens is 298 g/mol. The van der Waals surface area contributed by atoms with Crippen molar-refractivity contribution in [1.29, 1.82) is 0 Å². The van der Waals surface area contributed by atoms with Crippen LogP contribution in [0.3, 0.4) is 0 Å². The molecule has 8 nitrogen and oxygen atoms in total. The summed E-state index contributed by atoms with van der Waals surface area (Å²) in [5.41, 5.74) is 15.8. The second-order valence-corrected chi connectivity index (χ2v) is 3.80. The molecule has 19 heavy (non-hydrogen) atoms. The molecule has 0 bridgehead atoms. The summed E-state index contributed by atoms with van der Waals surface area (Å²) in [7, 11) is -1.40. The Hall–Kier alpha value is -0.735. The molecule has 0 unspecified atom stereocenters. The van der Waals surface area contributed by atoms with Crippen molar-refractivity contribution in [3.8, 4) is 0 Å². The van der Waals surface area contributed by atoms with Crippen molar-refractivity contribution in [2.24, 2.45) is 28.1 Å². The van der Waals surface area contributed by atoms with Gasteiger partial charge < -0.3 is 32.4 Å². The number of aliphatic imine (C=N–C) groups is 1. The molecule has 0 spiro atoms. The van der Waals surface area contributed by atoms with Crippen LogP contribution in [-0.2, 0) is 4.79 Å². The van der Waals surface area contributed by atoms with Gasteiger partial charge in [0.25, 0.3) is 0 Å². The maximum atomic E-state index is 10.7. The predicted octanol–water partition coefficient (Wildman–Crippen LogP) is -1.62. The van der Waals surface area contributed by atoms with Crippen molar-refractivity contribution in [1.82, 2.24) is 0 Å². The second-order valence-electron chi connectivity index (χ2n) is 3.80. The molecule has 0 radical (unpaired) electrons. The largest absolute Gasteiger partial charge is 0.480 e. The summed E-state index contributed by atoms with van der Waals surface area (Å²) in [4.78, 5) is 14.5. The molecule has 114 valence electrons. The maximum Gasteiger partial charge on any atom is 0.451 e.